The Morgan fingerprint density at radius 2 is 2.17 bits per heavy atom. The van der Waals surface area contributed by atoms with Gasteiger partial charge in [-0.1, -0.05) is 6.42 Å². The second-order valence-corrected chi connectivity index (χ2v) is 3.49. The minimum atomic E-state index is -0.247. The highest BCUT2D eigenvalue weighted by atomic mass is 16.2. The van der Waals surface area contributed by atoms with Gasteiger partial charge in [-0.25, -0.2) is 4.79 Å². The molecule has 12 heavy (non-hydrogen) atoms. The van der Waals surface area contributed by atoms with Crippen molar-refractivity contribution in [2.75, 3.05) is 7.05 Å². The van der Waals surface area contributed by atoms with Crippen LogP contribution in [0.2, 0.25) is 0 Å². The Morgan fingerprint density at radius 1 is 1.42 bits per heavy atom. The zero-order valence-corrected chi connectivity index (χ0v) is 7.04. The summed E-state index contributed by atoms with van der Waals surface area (Å²) in [5, 5.41) is 2.82. The van der Waals surface area contributed by atoms with Crippen LogP contribution in [0.3, 0.4) is 0 Å². The summed E-state index contributed by atoms with van der Waals surface area (Å²) < 4.78 is 0. The maximum atomic E-state index is 11.5. The van der Waals surface area contributed by atoms with Crippen LogP contribution in [0.25, 0.3) is 0 Å². The Labute approximate surface area is 70.9 Å². The molecule has 0 aromatic carbocycles. The van der Waals surface area contributed by atoms with Crippen molar-refractivity contribution in [3.05, 3.63) is 0 Å². The number of nitrogens with one attached hydrogen (secondary N) is 1. The molecule has 1 aliphatic carbocycles. The Balaban J connectivity index is 2.21. The average Bonchev–Trinajstić information content (AvgIpc) is 2.48. The Kier molecular flexibility index (Phi) is 1.56. The van der Waals surface area contributed by atoms with E-state index in [2.05, 4.69) is 5.32 Å². The fourth-order valence-electron chi connectivity index (χ4n) is 2.03. The van der Waals surface area contributed by atoms with Crippen LogP contribution in [0.15, 0.2) is 0 Å². The van der Waals surface area contributed by atoms with Crippen molar-refractivity contribution in [1.29, 1.82) is 0 Å². The topological polar surface area (TPSA) is 49.4 Å². The lowest BCUT2D eigenvalue weighted by Crippen LogP contribution is -2.56. The monoisotopic (exact) mass is 168 g/mol. The van der Waals surface area contributed by atoms with Crippen LogP contribution in [-0.4, -0.2) is 29.9 Å². The number of hydrogen-bond acceptors (Lipinski definition) is 2. The van der Waals surface area contributed by atoms with E-state index in [0.717, 1.165) is 19.3 Å². The molecule has 1 saturated heterocycles. The minimum absolute atomic E-state index is 0.0127. The lowest BCUT2D eigenvalue weighted by atomic mass is 10.0. The van der Waals surface area contributed by atoms with Crippen LogP contribution in [-0.2, 0) is 4.79 Å². The van der Waals surface area contributed by atoms with Gasteiger partial charge in [-0.15, -0.1) is 0 Å². The summed E-state index contributed by atoms with van der Waals surface area (Å²) in [6, 6.07) is -0.135. The fourth-order valence-corrected chi connectivity index (χ4v) is 2.03. The number of nitrogens with zero attached hydrogens (tertiary/aromatic N) is 1. The molecule has 66 valence electrons. The van der Waals surface area contributed by atoms with Crippen molar-refractivity contribution in [1.82, 2.24) is 10.2 Å². The molecular formula is C8H12N2O2. The first-order valence-corrected chi connectivity index (χ1v) is 4.28. The molecule has 2 rings (SSSR count). The van der Waals surface area contributed by atoms with E-state index in [0.29, 0.717) is 0 Å². The molecule has 1 N–H and O–H groups in total. The minimum Gasteiger partial charge on any atom is -0.334 e. The number of hydrogen-bond donors (Lipinski definition) is 1. The molecule has 2 aliphatic rings. The molecule has 2 fully saturated rings. The largest absolute Gasteiger partial charge is 0.334 e. The fraction of sp³-hybridized carbons (Fsp3) is 0.750. The van der Waals surface area contributed by atoms with Crippen LogP contribution in [0, 0.1) is 5.92 Å². The average molecular weight is 168 g/mol. The lowest BCUT2D eigenvalue weighted by molar-refractivity contribution is -0.133. The highest BCUT2D eigenvalue weighted by molar-refractivity contribution is 5.98. The quantitative estimate of drug-likeness (QED) is 0.567. The summed E-state index contributed by atoms with van der Waals surface area (Å²) in [5.74, 6) is 0.0361. The van der Waals surface area contributed by atoms with E-state index in [1.165, 1.54) is 11.9 Å². The third kappa shape index (κ3) is 0.906. The van der Waals surface area contributed by atoms with Crippen LogP contribution in [0.5, 0.6) is 0 Å². The highest BCUT2D eigenvalue weighted by Crippen LogP contribution is 2.29. The molecular weight excluding hydrogens is 156 g/mol. The summed E-state index contributed by atoms with van der Waals surface area (Å²) in [6.45, 7) is 0. The van der Waals surface area contributed by atoms with Gasteiger partial charge in [-0.3, -0.25) is 9.69 Å². The van der Waals surface area contributed by atoms with E-state index in [1.807, 2.05) is 0 Å². The van der Waals surface area contributed by atoms with Gasteiger partial charge in [0, 0.05) is 13.1 Å². The summed E-state index contributed by atoms with van der Waals surface area (Å²) in [4.78, 5) is 23.8. The molecule has 4 heteroatoms. The molecule has 0 unspecified atom stereocenters. The zero-order valence-electron chi connectivity index (χ0n) is 7.04. The van der Waals surface area contributed by atoms with E-state index in [4.69, 9.17) is 0 Å². The van der Waals surface area contributed by atoms with E-state index in [1.54, 1.807) is 0 Å². The third-order valence-corrected chi connectivity index (χ3v) is 2.78. The summed E-state index contributed by atoms with van der Waals surface area (Å²) >= 11 is 0. The van der Waals surface area contributed by atoms with Gasteiger partial charge < -0.3 is 5.32 Å². The Bertz CT molecular complexity index is 239. The van der Waals surface area contributed by atoms with Crippen molar-refractivity contribution < 1.29 is 9.59 Å². The van der Waals surface area contributed by atoms with Crippen molar-refractivity contribution in [3.8, 4) is 0 Å². The predicted octanol–water partition coefficient (Wildman–Crippen LogP) is 0.337. The second kappa shape index (κ2) is 2.47. The van der Waals surface area contributed by atoms with Gasteiger partial charge in [-0.05, 0) is 12.8 Å². The zero-order chi connectivity index (χ0) is 8.72. The smallest absolute Gasteiger partial charge is 0.324 e. The Morgan fingerprint density at radius 3 is 2.92 bits per heavy atom. The SMILES string of the molecule is CN1C(=O)N[C@H]2CCC[C@H]2C1=O. The number of amides is 3. The molecule has 0 aromatic heterocycles. The number of fused-ring (bicyclic) bond motifs is 1. The van der Waals surface area contributed by atoms with Gasteiger partial charge in [0.15, 0.2) is 0 Å². The van der Waals surface area contributed by atoms with Gasteiger partial charge in [0.1, 0.15) is 0 Å². The molecule has 3 amide bonds. The number of carbonyl (C=O) groups is 2. The molecule has 1 aliphatic heterocycles. The molecule has 0 spiro atoms. The second-order valence-electron chi connectivity index (χ2n) is 3.49. The van der Waals surface area contributed by atoms with E-state index >= 15 is 0 Å². The number of rotatable bonds is 0. The first-order chi connectivity index (χ1) is 5.70. The first kappa shape index (κ1) is 7.58. The standard InChI is InChI=1S/C8H12N2O2/c1-10-7(11)5-3-2-4-6(5)9-8(10)12/h5-6H,2-4H2,1H3,(H,9,12)/t5-,6+/m1/s1. The molecule has 0 aromatic rings. The van der Waals surface area contributed by atoms with Gasteiger partial charge in [0.2, 0.25) is 5.91 Å². The van der Waals surface area contributed by atoms with Crippen LogP contribution < -0.4 is 5.32 Å². The number of urea groups is 1. The maximum Gasteiger partial charge on any atom is 0.324 e. The number of carbonyl (C=O) groups excluding carboxylic acids is 2. The molecule has 1 saturated carbocycles. The predicted molar refractivity (Wildman–Crippen MR) is 42.4 cm³/mol. The van der Waals surface area contributed by atoms with Gasteiger partial charge in [0.05, 0.1) is 5.92 Å². The van der Waals surface area contributed by atoms with Crippen molar-refractivity contribution >= 4 is 11.9 Å². The van der Waals surface area contributed by atoms with E-state index < -0.39 is 0 Å². The van der Waals surface area contributed by atoms with Gasteiger partial charge in [-0.2, -0.15) is 0 Å². The lowest BCUT2D eigenvalue weighted by Gasteiger charge is -2.31. The summed E-state index contributed by atoms with van der Waals surface area (Å²) in [6.07, 6.45) is 2.93. The third-order valence-electron chi connectivity index (χ3n) is 2.78. The molecule has 0 radical (unpaired) electrons. The van der Waals surface area contributed by atoms with Crippen molar-refractivity contribution in [2.24, 2.45) is 5.92 Å². The van der Waals surface area contributed by atoms with Crippen molar-refractivity contribution in [2.45, 2.75) is 25.3 Å². The van der Waals surface area contributed by atoms with E-state index in [9.17, 15) is 9.59 Å². The number of imide groups is 1. The molecule has 4 nitrogen and oxygen atoms in total. The van der Waals surface area contributed by atoms with Crippen LogP contribution in [0.1, 0.15) is 19.3 Å². The summed E-state index contributed by atoms with van der Waals surface area (Å²) in [7, 11) is 1.53. The van der Waals surface area contributed by atoms with Crippen LogP contribution >= 0.6 is 0 Å². The van der Waals surface area contributed by atoms with Crippen molar-refractivity contribution in [3.63, 3.8) is 0 Å². The molecule has 1 heterocycles. The molecule has 0 bridgehead atoms. The first-order valence-electron chi connectivity index (χ1n) is 4.28. The molecule has 2 atom stereocenters. The van der Waals surface area contributed by atoms with Crippen LogP contribution in [0.4, 0.5) is 4.79 Å². The Hall–Kier alpha value is -1.06. The van der Waals surface area contributed by atoms with Gasteiger partial charge in [0.25, 0.3) is 0 Å². The highest BCUT2D eigenvalue weighted by Gasteiger charge is 2.41. The maximum absolute atomic E-state index is 11.5. The summed E-state index contributed by atoms with van der Waals surface area (Å²) in [5.41, 5.74) is 0. The van der Waals surface area contributed by atoms with E-state index in [-0.39, 0.29) is 23.9 Å². The van der Waals surface area contributed by atoms with Gasteiger partial charge >= 0.3 is 6.03 Å². The normalized spacial score (nSPS) is 34.9.